The number of carbonyl (C=O) groups excluding carboxylic acids is 2. The van der Waals surface area contributed by atoms with Gasteiger partial charge >= 0.3 is 18.2 Å². The van der Waals surface area contributed by atoms with E-state index in [4.69, 9.17) is 0 Å². The van der Waals surface area contributed by atoms with E-state index in [0.717, 1.165) is 24.3 Å². The summed E-state index contributed by atoms with van der Waals surface area (Å²) in [5.74, 6) is -2.54. The molecule has 0 radical (unpaired) electrons. The number of rotatable bonds is 5. The van der Waals surface area contributed by atoms with Crippen molar-refractivity contribution in [3.8, 4) is 0 Å². The number of nitrogens with one attached hydrogen (secondary N) is 1. The molecule has 0 heterocycles. The average Bonchev–Trinajstić information content (AvgIpc) is 2.45. The van der Waals surface area contributed by atoms with Crippen molar-refractivity contribution in [3.63, 3.8) is 0 Å². The molecule has 0 bridgehead atoms. The molecular weight excluding hydrogens is 322 g/mol. The van der Waals surface area contributed by atoms with Crippen molar-refractivity contribution in [1.29, 1.82) is 0 Å². The number of ether oxygens (including phenoxy) is 2. The largest absolute Gasteiger partial charge is 0.464 e. The summed E-state index contributed by atoms with van der Waals surface area (Å²) in [4.78, 5) is 23.6. The molecule has 1 atom stereocenters. The van der Waals surface area contributed by atoms with Crippen LogP contribution in [0.25, 0.3) is 0 Å². The molecule has 0 aliphatic rings. The predicted molar refractivity (Wildman–Crippen MR) is 70.9 cm³/mol. The summed E-state index contributed by atoms with van der Waals surface area (Å²) in [7, 11) is 0. The second kappa shape index (κ2) is 7.30. The lowest BCUT2D eigenvalue weighted by Crippen LogP contribution is -2.62. The van der Waals surface area contributed by atoms with Crippen LogP contribution in [0.15, 0.2) is 24.3 Å². The van der Waals surface area contributed by atoms with Gasteiger partial charge in [0, 0.05) is 0 Å². The summed E-state index contributed by atoms with van der Waals surface area (Å²) in [6, 6.07) is 2.96. The van der Waals surface area contributed by atoms with Gasteiger partial charge in [0.1, 0.15) is 5.82 Å². The summed E-state index contributed by atoms with van der Waals surface area (Å²) >= 11 is 0. The van der Waals surface area contributed by atoms with Crippen molar-refractivity contribution in [2.75, 3.05) is 13.2 Å². The first-order valence-corrected chi connectivity index (χ1v) is 6.64. The van der Waals surface area contributed by atoms with Crippen molar-refractivity contribution < 1.29 is 36.6 Å². The minimum absolute atomic E-state index is 0.202. The number of hydrogen-bond acceptors (Lipinski definition) is 4. The van der Waals surface area contributed by atoms with E-state index in [9.17, 15) is 27.2 Å². The zero-order valence-electron chi connectivity index (χ0n) is 12.4. The van der Waals surface area contributed by atoms with Crippen molar-refractivity contribution in [2.45, 2.75) is 25.6 Å². The van der Waals surface area contributed by atoms with E-state index in [2.05, 4.69) is 9.47 Å². The van der Waals surface area contributed by atoms with Gasteiger partial charge in [0.15, 0.2) is 0 Å². The first kappa shape index (κ1) is 18.7. The van der Waals surface area contributed by atoms with Crippen molar-refractivity contribution >= 4 is 12.1 Å². The molecule has 5 nitrogen and oxygen atoms in total. The van der Waals surface area contributed by atoms with Gasteiger partial charge in [-0.3, -0.25) is 5.32 Å². The Morgan fingerprint density at radius 2 is 1.57 bits per heavy atom. The van der Waals surface area contributed by atoms with E-state index in [1.165, 1.54) is 19.2 Å². The summed E-state index contributed by atoms with van der Waals surface area (Å²) in [5, 5.41) is 1.51. The molecule has 1 N–H and O–H groups in total. The fourth-order valence-electron chi connectivity index (χ4n) is 1.85. The fraction of sp³-hybridized carbons (Fsp3) is 0.429. The highest BCUT2D eigenvalue weighted by Crippen LogP contribution is 2.40. The Labute approximate surface area is 129 Å². The Balaban J connectivity index is 3.49. The molecule has 128 valence electrons. The Hall–Kier alpha value is -2.32. The molecule has 0 saturated heterocycles. The zero-order chi connectivity index (χ0) is 17.7. The van der Waals surface area contributed by atoms with Gasteiger partial charge in [-0.15, -0.1) is 0 Å². The van der Waals surface area contributed by atoms with Crippen LogP contribution in [0.3, 0.4) is 0 Å². The molecule has 0 unspecified atom stereocenters. The number of hydrogen-bond donors (Lipinski definition) is 1. The Kier molecular flexibility index (Phi) is 5.94. The van der Waals surface area contributed by atoms with Crippen LogP contribution in [0, 0.1) is 5.82 Å². The molecule has 0 aliphatic carbocycles. The quantitative estimate of drug-likeness (QED) is 0.663. The lowest BCUT2D eigenvalue weighted by atomic mass is 9.89. The van der Waals surface area contributed by atoms with Crippen LogP contribution < -0.4 is 5.32 Å². The molecule has 9 heteroatoms. The predicted octanol–water partition coefficient (Wildman–Crippen LogP) is 2.89. The first-order chi connectivity index (χ1) is 10.7. The Morgan fingerprint density at radius 1 is 1.04 bits per heavy atom. The van der Waals surface area contributed by atoms with Gasteiger partial charge in [-0.1, -0.05) is 12.1 Å². The van der Waals surface area contributed by atoms with Crippen LogP contribution in [0.2, 0.25) is 0 Å². The normalized spacial score (nSPS) is 13.8. The van der Waals surface area contributed by atoms with E-state index >= 15 is 0 Å². The zero-order valence-corrected chi connectivity index (χ0v) is 12.4. The van der Waals surface area contributed by atoms with Crippen LogP contribution in [0.1, 0.15) is 19.4 Å². The SMILES string of the molecule is CCOC(=O)N[C@@](C(=O)OCC)(c1ccc(F)cc1)C(F)(F)F. The van der Waals surface area contributed by atoms with E-state index < -0.39 is 35.2 Å². The summed E-state index contributed by atoms with van der Waals surface area (Å²) in [5.41, 5.74) is -4.19. The fourth-order valence-corrected chi connectivity index (χ4v) is 1.85. The number of esters is 1. The van der Waals surface area contributed by atoms with E-state index in [1.807, 2.05) is 0 Å². The van der Waals surface area contributed by atoms with Gasteiger partial charge in [0.05, 0.1) is 13.2 Å². The van der Waals surface area contributed by atoms with E-state index in [0.29, 0.717) is 0 Å². The number of alkyl halides is 3. The summed E-state index contributed by atoms with van der Waals surface area (Å²) in [6.07, 6.45) is -6.70. The van der Waals surface area contributed by atoms with E-state index in [-0.39, 0.29) is 13.2 Å². The number of alkyl carbamates (subject to hydrolysis) is 1. The molecule has 0 aliphatic heterocycles. The molecule has 0 fully saturated rings. The molecule has 23 heavy (non-hydrogen) atoms. The first-order valence-electron chi connectivity index (χ1n) is 6.64. The minimum Gasteiger partial charge on any atom is -0.464 e. The maximum atomic E-state index is 13.7. The van der Waals surface area contributed by atoms with Gasteiger partial charge in [-0.05, 0) is 31.5 Å². The monoisotopic (exact) mass is 337 g/mol. The lowest BCUT2D eigenvalue weighted by molar-refractivity contribution is -0.215. The van der Waals surface area contributed by atoms with Crippen molar-refractivity contribution in [2.24, 2.45) is 0 Å². The molecule has 1 aromatic carbocycles. The van der Waals surface area contributed by atoms with Crippen molar-refractivity contribution in [1.82, 2.24) is 5.32 Å². The third kappa shape index (κ3) is 3.91. The van der Waals surface area contributed by atoms with Gasteiger partial charge in [0.2, 0.25) is 0 Å². The summed E-state index contributed by atoms with van der Waals surface area (Å²) < 4.78 is 62.9. The molecule has 0 spiro atoms. The van der Waals surface area contributed by atoms with Gasteiger partial charge < -0.3 is 9.47 Å². The molecule has 0 saturated carbocycles. The third-order valence-corrected chi connectivity index (χ3v) is 2.85. The van der Waals surface area contributed by atoms with Crippen molar-refractivity contribution in [3.05, 3.63) is 35.6 Å². The van der Waals surface area contributed by atoms with Gasteiger partial charge in [-0.2, -0.15) is 13.2 Å². The number of halogens is 4. The molecule has 1 amide bonds. The van der Waals surface area contributed by atoms with Crippen LogP contribution in [-0.2, 0) is 19.8 Å². The molecular formula is C14H15F4NO4. The Morgan fingerprint density at radius 3 is 2.00 bits per heavy atom. The van der Waals surface area contributed by atoms with E-state index in [1.54, 1.807) is 0 Å². The third-order valence-electron chi connectivity index (χ3n) is 2.85. The maximum Gasteiger partial charge on any atom is 0.426 e. The minimum atomic E-state index is -5.25. The number of carbonyl (C=O) groups is 2. The van der Waals surface area contributed by atoms with Crippen LogP contribution in [0.5, 0.6) is 0 Å². The number of benzene rings is 1. The second-order valence-electron chi connectivity index (χ2n) is 4.32. The summed E-state index contributed by atoms with van der Waals surface area (Å²) in [6.45, 7) is 2.15. The second-order valence-corrected chi connectivity index (χ2v) is 4.32. The van der Waals surface area contributed by atoms with Gasteiger partial charge in [-0.25, -0.2) is 14.0 Å². The highest BCUT2D eigenvalue weighted by molar-refractivity contribution is 5.88. The van der Waals surface area contributed by atoms with Crippen LogP contribution in [-0.4, -0.2) is 31.5 Å². The lowest BCUT2D eigenvalue weighted by Gasteiger charge is -2.33. The van der Waals surface area contributed by atoms with Crippen LogP contribution >= 0.6 is 0 Å². The van der Waals surface area contributed by atoms with Gasteiger partial charge in [0.25, 0.3) is 5.54 Å². The standard InChI is InChI=1S/C14H15F4NO4/c1-3-22-11(20)13(14(16,17)18,19-12(21)23-4-2)9-5-7-10(15)8-6-9/h5-8H,3-4H2,1-2H3,(H,19,21)/t13-/m1/s1. The smallest absolute Gasteiger partial charge is 0.426 e. The molecule has 1 aromatic rings. The highest BCUT2D eigenvalue weighted by atomic mass is 19.4. The maximum absolute atomic E-state index is 13.7. The molecule has 0 aromatic heterocycles. The molecule has 1 rings (SSSR count). The Bertz CT molecular complexity index is 559. The van der Waals surface area contributed by atoms with Crippen LogP contribution in [0.4, 0.5) is 22.4 Å². The number of amides is 1. The highest BCUT2D eigenvalue weighted by Gasteiger charge is 2.64. The average molecular weight is 337 g/mol. The topological polar surface area (TPSA) is 64.6 Å².